The second kappa shape index (κ2) is 8.73. The Kier molecular flexibility index (Phi) is 6.00. The Labute approximate surface area is 187 Å². The first-order valence-electron chi connectivity index (χ1n) is 10.7. The summed E-state index contributed by atoms with van der Waals surface area (Å²) in [6.07, 6.45) is 4.43. The predicted octanol–water partition coefficient (Wildman–Crippen LogP) is 4.86. The highest BCUT2D eigenvalue weighted by Gasteiger charge is 2.41. The Morgan fingerprint density at radius 2 is 1.91 bits per heavy atom. The minimum atomic E-state index is -0.872. The quantitative estimate of drug-likeness (QED) is 0.646. The van der Waals surface area contributed by atoms with Crippen molar-refractivity contribution >= 4 is 11.7 Å². The van der Waals surface area contributed by atoms with Gasteiger partial charge in [-0.25, -0.2) is 4.39 Å². The zero-order chi connectivity index (χ0) is 22.8. The van der Waals surface area contributed by atoms with E-state index < -0.39 is 23.2 Å². The molecular formula is C25H28FNO5. The molecular weight excluding hydrogens is 413 g/mol. The van der Waals surface area contributed by atoms with Gasteiger partial charge < -0.3 is 24.3 Å². The number of halogens is 1. The standard InChI is InChI=1S/C25H28FNO5/c1-24(2,3)32-21(28)15-27-23-20(29-16-17-7-5-4-6-8-17)13-18-9-10-25(30-11-12-31-25)14-19(18)22(23)26/h4-8,11-13,27H,9-10,14-16H2,1-3H3. The summed E-state index contributed by atoms with van der Waals surface area (Å²) in [6, 6.07) is 11.5. The number of anilines is 1. The maximum Gasteiger partial charge on any atom is 0.325 e. The van der Waals surface area contributed by atoms with E-state index in [2.05, 4.69) is 5.32 Å². The molecule has 2 aromatic carbocycles. The van der Waals surface area contributed by atoms with Crippen molar-refractivity contribution in [2.24, 2.45) is 0 Å². The van der Waals surface area contributed by atoms with Crippen molar-refractivity contribution < 1.29 is 28.1 Å². The molecule has 0 saturated carbocycles. The number of fused-ring (bicyclic) bond motifs is 1. The van der Waals surface area contributed by atoms with E-state index in [9.17, 15) is 4.79 Å². The molecule has 0 bridgehead atoms. The van der Waals surface area contributed by atoms with Gasteiger partial charge in [0.25, 0.3) is 5.79 Å². The van der Waals surface area contributed by atoms with Crippen molar-refractivity contribution in [1.29, 1.82) is 0 Å². The van der Waals surface area contributed by atoms with E-state index in [0.717, 1.165) is 11.1 Å². The monoisotopic (exact) mass is 441 g/mol. The molecule has 0 aromatic heterocycles. The number of nitrogens with one attached hydrogen (secondary N) is 1. The van der Waals surface area contributed by atoms with Crippen molar-refractivity contribution in [3.05, 3.63) is 71.4 Å². The molecule has 1 N–H and O–H groups in total. The maximum absolute atomic E-state index is 15.7. The number of ether oxygens (including phenoxy) is 4. The van der Waals surface area contributed by atoms with Crippen LogP contribution in [-0.2, 0) is 38.5 Å². The minimum absolute atomic E-state index is 0.133. The third kappa shape index (κ3) is 4.98. The first kappa shape index (κ1) is 22.0. The van der Waals surface area contributed by atoms with Crippen molar-refractivity contribution in [2.75, 3.05) is 11.9 Å². The van der Waals surface area contributed by atoms with Gasteiger partial charge in [0.1, 0.15) is 42.7 Å². The third-order valence-corrected chi connectivity index (χ3v) is 5.33. The van der Waals surface area contributed by atoms with Crippen LogP contribution in [0.3, 0.4) is 0 Å². The molecule has 6 nitrogen and oxygen atoms in total. The zero-order valence-corrected chi connectivity index (χ0v) is 18.6. The second-order valence-corrected chi connectivity index (χ2v) is 9.01. The van der Waals surface area contributed by atoms with Crippen LogP contribution in [0.4, 0.5) is 10.1 Å². The molecule has 32 heavy (non-hydrogen) atoms. The van der Waals surface area contributed by atoms with Crippen molar-refractivity contribution in [3.63, 3.8) is 0 Å². The van der Waals surface area contributed by atoms with E-state index in [-0.39, 0.29) is 25.3 Å². The fraction of sp³-hybridized carbons (Fsp3) is 0.400. The number of rotatable bonds is 6. The molecule has 1 heterocycles. The van der Waals surface area contributed by atoms with Gasteiger partial charge in [-0.2, -0.15) is 0 Å². The molecule has 2 aliphatic rings. The SMILES string of the molecule is CC(C)(C)OC(=O)CNc1c(OCc2ccccc2)cc2c(c1F)CC1(CC2)OC=CO1. The first-order valence-corrected chi connectivity index (χ1v) is 10.7. The van der Waals surface area contributed by atoms with Gasteiger partial charge in [0.2, 0.25) is 0 Å². The predicted molar refractivity (Wildman–Crippen MR) is 118 cm³/mol. The molecule has 0 atom stereocenters. The lowest BCUT2D eigenvalue weighted by molar-refractivity contribution is -0.152. The number of carbonyl (C=O) groups is 1. The Hall–Kier alpha value is -3.22. The lowest BCUT2D eigenvalue weighted by Gasteiger charge is -2.33. The number of carbonyl (C=O) groups excluding carboxylic acids is 1. The van der Waals surface area contributed by atoms with Crippen LogP contribution in [-0.4, -0.2) is 23.9 Å². The molecule has 0 amide bonds. The summed E-state index contributed by atoms with van der Waals surface area (Å²) in [7, 11) is 0. The fourth-order valence-electron chi connectivity index (χ4n) is 3.90. The largest absolute Gasteiger partial charge is 0.487 e. The molecule has 1 aliphatic heterocycles. The summed E-state index contributed by atoms with van der Waals surface area (Å²) in [6.45, 7) is 5.45. The highest BCUT2D eigenvalue weighted by molar-refractivity contribution is 5.77. The Morgan fingerprint density at radius 3 is 2.59 bits per heavy atom. The Morgan fingerprint density at radius 1 is 1.19 bits per heavy atom. The third-order valence-electron chi connectivity index (χ3n) is 5.33. The molecule has 0 radical (unpaired) electrons. The minimum Gasteiger partial charge on any atom is -0.487 e. The van der Waals surface area contributed by atoms with Crippen LogP contribution in [0.1, 0.15) is 43.9 Å². The van der Waals surface area contributed by atoms with Crippen LogP contribution >= 0.6 is 0 Å². The summed E-state index contributed by atoms with van der Waals surface area (Å²) in [5.41, 5.74) is 1.81. The van der Waals surface area contributed by atoms with Gasteiger partial charge in [-0.3, -0.25) is 4.79 Å². The maximum atomic E-state index is 15.7. The summed E-state index contributed by atoms with van der Waals surface area (Å²) in [4.78, 5) is 12.2. The number of benzene rings is 2. The van der Waals surface area contributed by atoms with E-state index in [1.54, 1.807) is 20.8 Å². The smallest absolute Gasteiger partial charge is 0.325 e. The second-order valence-electron chi connectivity index (χ2n) is 9.01. The number of aryl methyl sites for hydroxylation is 1. The summed E-state index contributed by atoms with van der Waals surface area (Å²) in [5, 5.41) is 2.90. The lowest BCUT2D eigenvalue weighted by Crippen LogP contribution is -2.37. The van der Waals surface area contributed by atoms with Gasteiger partial charge >= 0.3 is 5.97 Å². The molecule has 4 rings (SSSR count). The number of hydrogen-bond acceptors (Lipinski definition) is 6. The summed E-state index contributed by atoms with van der Waals surface area (Å²) >= 11 is 0. The van der Waals surface area contributed by atoms with E-state index in [1.807, 2.05) is 36.4 Å². The molecule has 7 heteroatoms. The van der Waals surface area contributed by atoms with Crippen LogP contribution in [0.5, 0.6) is 5.75 Å². The van der Waals surface area contributed by atoms with Crippen LogP contribution in [0.2, 0.25) is 0 Å². The van der Waals surface area contributed by atoms with E-state index >= 15 is 4.39 Å². The van der Waals surface area contributed by atoms with Crippen LogP contribution in [0, 0.1) is 5.82 Å². The first-order chi connectivity index (χ1) is 15.2. The normalized spacial score (nSPS) is 16.1. The van der Waals surface area contributed by atoms with Gasteiger partial charge in [0, 0.05) is 12.0 Å². The highest BCUT2D eigenvalue weighted by Crippen LogP contribution is 2.42. The molecule has 1 spiro atoms. The molecule has 170 valence electrons. The van der Waals surface area contributed by atoms with Crippen LogP contribution in [0.15, 0.2) is 48.9 Å². The van der Waals surface area contributed by atoms with Gasteiger partial charge in [0.05, 0.1) is 6.42 Å². The van der Waals surface area contributed by atoms with E-state index in [0.29, 0.717) is 24.2 Å². The number of esters is 1. The van der Waals surface area contributed by atoms with Gasteiger partial charge in [-0.15, -0.1) is 0 Å². The molecule has 0 fully saturated rings. The van der Waals surface area contributed by atoms with Gasteiger partial charge in [-0.1, -0.05) is 30.3 Å². The topological polar surface area (TPSA) is 66.0 Å². The zero-order valence-electron chi connectivity index (χ0n) is 18.6. The van der Waals surface area contributed by atoms with E-state index in [4.69, 9.17) is 18.9 Å². The molecule has 0 saturated heterocycles. The van der Waals surface area contributed by atoms with Gasteiger partial charge in [0.15, 0.2) is 5.82 Å². The average Bonchev–Trinajstić information content (AvgIpc) is 3.19. The molecule has 0 unspecified atom stereocenters. The lowest BCUT2D eigenvalue weighted by atomic mass is 9.86. The van der Waals surface area contributed by atoms with Crippen LogP contribution in [0.25, 0.3) is 0 Å². The average molecular weight is 441 g/mol. The number of hydrogen-bond donors (Lipinski definition) is 1. The highest BCUT2D eigenvalue weighted by atomic mass is 19.1. The van der Waals surface area contributed by atoms with Crippen molar-refractivity contribution in [3.8, 4) is 5.75 Å². The Balaban J connectivity index is 1.60. The fourth-order valence-corrected chi connectivity index (χ4v) is 3.90. The molecule has 1 aliphatic carbocycles. The summed E-state index contributed by atoms with van der Waals surface area (Å²) < 4.78 is 38.3. The molecule has 2 aromatic rings. The van der Waals surface area contributed by atoms with Gasteiger partial charge in [-0.05, 0) is 44.4 Å². The Bertz CT molecular complexity index is 1010. The van der Waals surface area contributed by atoms with Crippen molar-refractivity contribution in [2.45, 2.75) is 58.0 Å². The summed E-state index contributed by atoms with van der Waals surface area (Å²) in [5.74, 6) is -1.46. The van der Waals surface area contributed by atoms with Crippen molar-refractivity contribution in [1.82, 2.24) is 0 Å². The van der Waals surface area contributed by atoms with Crippen LogP contribution < -0.4 is 10.1 Å². The van der Waals surface area contributed by atoms with E-state index in [1.165, 1.54) is 12.5 Å².